The van der Waals surface area contributed by atoms with E-state index in [0.717, 1.165) is 0 Å². The number of aromatic hydroxyl groups is 1. The first-order valence-electron chi connectivity index (χ1n) is 5.51. The summed E-state index contributed by atoms with van der Waals surface area (Å²) in [6, 6.07) is 6.38. The van der Waals surface area contributed by atoms with Crippen molar-refractivity contribution in [3.8, 4) is 5.75 Å². The molecular formula is C12H14N2O3. The number of benzene rings is 1. The van der Waals surface area contributed by atoms with Crippen molar-refractivity contribution in [1.29, 1.82) is 0 Å². The SMILES string of the molecule is O=C1CC[C@H](C(=O)NCc2ccccc2O)N1. The van der Waals surface area contributed by atoms with Crippen molar-refractivity contribution in [3.63, 3.8) is 0 Å². The highest BCUT2D eigenvalue weighted by Gasteiger charge is 2.26. The van der Waals surface area contributed by atoms with Gasteiger partial charge >= 0.3 is 0 Å². The van der Waals surface area contributed by atoms with Crippen molar-refractivity contribution in [3.05, 3.63) is 29.8 Å². The van der Waals surface area contributed by atoms with E-state index in [1.807, 2.05) is 0 Å². The van der Waals surface area contributed by atoms with Crippen LogP contribution < -0.4 is 10.6 Å². The summed E-state index contributed by atoms with van der Waals surface area (Å²) in [6.45, 7) is 0.262. The van der Waals surface area contributed by atoms with Crippen LogP contribution in [-0.4, -0.2) is 23.0 Å². The number of rotatable bonds is 3. The van der Waals surface area contributed by atoms with Crippen LogP contribution in [0, 0.1) is 0 Å². The Hall–Kier alpha value is -2.04. The molecule has 3 N–H and O–H groups in total. The molecule has 0 bridgehead atoms. The van der Waals surface area contributed by atoms with Gasteiger partial charge in [-0.3, -0.25) is 9.59 Å². The van der Waals surface area contributed by atoms with Crippen LogP contribution >= 0.6 is 0 Å². The number of carbonyl (C=O) groups is 2. The van der Waals surface area contributed by atoms with Gasteiger partial charge in [-0.25, -0.2) is 0 Å². The summed E-state index contributed by atoms with van der Waals surface area (Å²) < 4.78 is 0. The van der Waals surface area contributed by atoms with Gasteiger partial charge < -0.3 is 15.7 Å². The number of phenolic OH excluding ortho intramolecular Hbond substituents is 1. The maximum absolute atomic E-state index is 11.7. The third kappa shape index (κ3) is 2.75. The summed E-state index contributed by atoms with van der Waals surface area (Å²) in [5, 5.41) is 14.8. The molecule has 1 atom stereocenters. The van der Waals surface area contributed by atoms with Crippen molar-refractivity contribution in [2.45, 2.75) is 25.4 Å². The van der Waals surface area contributed by atoms with E-state index in [1.165, 1.54) is 0 Å². The molecular weight excluding hydrogens is 220 g/mol. The number of carbonyl (C=O) groups excluding carboxylic acids is 2. The van der Waals surface area contributed by atoms with Crippen LogP contribution in [0.2, 0.25) is 0 Å². The van der Waals surface area contributed by atoms with Crippen LogP contribution in [-0.2, 0) is 16.1 Å². The molecule has 17 heavy (non-hydrogen) atoms. The molecule has 5 heteroatoms. The fraction of sp³-hybridized carbons (Fsp3) is 0.333. The largest absolute Gasteiger partial charge is 0.508 e. The van der Waals surface area contributed by atoms with Crippen LogP contribution in [0.4, 0.5) is 0 Å². The van der Waals surface area contributed by atoms with Gasteiger partial charge in [-0.15, -0.1) is 0 Å². The molecule has 0 unspecified atom stereocenters. The molecule has 0 aromatic heterocycles. The Kier molecular flexibility index (Phi) is 3.27. The molecule has 2 amide bonds. The van der Waals surface area contributed by atoms with Crippen LogP contribution in [0.1, 0.15) is 18.4 Å². The third-order valence-electron chi connectivity index (χ3n) is 2.76. The van der Waals surface area contributed by atoms with Crippen molar-refractivity contribution in [1.82, 2.24) is 10.6 Å². The topological polar surface area (TPSA) is 78.4 Å². The van der Waals surface area contributed by atoms with E-state index in [9.17, 15) is 14.7 Å². The van der Waals surface area contributed by atoms with Gasteiger partial charge in [-0.2, -0.15) is 0 Å². The highest BCUT2D eigenvalue weighted by molar-refractivity contribution is 5.90. The van der Waals surface area contributed by atoms with Crippen LogP contribution in [0.3, 0.4) is 0 Å². The molecule has 1 heterocycles. The van der Waals surface area contributed by atoms with Gasteiger partial charge in [0.1, 0.15) is 11.8 Å². The predicted octanol–water partition coefficient (Wildman–Crippen LogP) is 0.287. The average molecular weight is 234 g/mol. The Morgan fingerprint density at radius 3 is 2.88 bits per heavy atom. The lowest BCUT2D eigenvalue weighted by molar-refractivity contribution is -0.125. The van der Waals surface area contributed by atoms with E-state index >= 15 is 0 Å². The number of hydrogen-bond donors (Lipinski definition) is 3. The zero-order chi connectivity index (χ0) is 12.3. The smallest absolute Gasteiger partial charge is 0.242 e. The van der Waals surface area contributed by atoms with Gasteiger partial charge in [0, 0.05) is 18.5 Å². The Morgan fingerprint density at radius 2 is 2.24 bits per heavy atom. The second-order valence-electron chi connectivity index (χ2n) is 4.01. The lowest BCUT2D eigenvalue weighted by Crippen LogP contribution is -2.41. The van der Waals surface area contributed by atoms with E-state index in [0.29, 0.717) is 18.4 Å². The van der Waals surface area contributed by atoms with Gasteiger partial charge in [-0.05, 0) is 12.5 Å². The number of hydrogen-bond acceptors (Lipinski definition) is 3. The van der Waals surface area contributed by atoms with E-state index in [1.54, 1.807) is 24.3 Å². The second kappa shape index (κ2) is 4.86. The monoisotopic (exact) mass is 234 g/mol. The highest BCUT2D eigenvalue weighted by Crippen LogP contribution is 2.15. The molecule has 1 saturated heterocycles. The minimum absolute atomic E-state index is 0.0901. The van der Waals surface area contributed by atoms with Gasteiger partial charge in [0.25, 0.3) is 0 Å². The van der Waals surface area contributed by atoms with E-state index in [2.05, 4.69) is 10.6 Å². The summed E-state index contributed by atoms with van der Waals surface area (Å²) >= 11 is 0. The minimum Gasteiger partial charge on any atom is -0.508 e. The predicted molar refractivity (Wildman–Crippen MR) is 61.1 cm³/mol. The zero-order valence-electron chi connectivity index (χ0n) is 9.27. The lowest BCUT2D eigenvalue weighted by Gasteiger charge is -2.11. The first kappa shape index (κ1) is 11.4. The van der Waals surface area contributed by atoms with Gasteiger partial charge in [0.2, 0.25) is 11.8 Å². The Balaban J connectivity index is 1.88. The Labute approximate surface area is 98.8 Å². The minimum atomic E-state index is -0.437. The molecule has 1 aliphatic rings. The van der Waals surface area contributed by atoms with Crippen LogP contribution in [0.15, 0.2) is 24.3 Å². The second-order valence-corrected chi connectivity index (χ2v) is 4.01. The Bertz CT molecular complexity index is 445. The van der Waals surface area contributed by atoms with Gasteiger partial charge in [0.05, 0.1) is 0 Å². The fourth-order valence-electron chi connectivity index (χ4n) is 1.78. The number of phenols is 1. The first-order valence-corrected chi connectivity index (χ1v) is 5.51. The summed E-state index contributed by atoms with van der Waals surface area (Å²) in [4.78, 5) is 22.6. The van der Waals surface area contributed by atoms with E-state index in [4.69, 9.17) is 0 Å². The van der Waals surface area contributed by atoms with Crippen molar-refractivity contribution < 1.29 is 14.7 Å². The molecule has 2 rings (SSSR count). The molecule has 0 saturated carbocycles. The molecule has 1 aromatic rings. The summed E-state index contributed by atoms with van der Waals surface area (Å²) in [7, 11) is 0. The molecule has 0 radical (unpaired) electrons. The summed E-state index contributed by atoms with van der Waals surface area (Å²) in [5.41, 5.74) is 0.658. The van der Waals surface area contributed by atoms with E-state index < -0.39 is 6.04 Å². The molecule has 1 aromatic carbocycles. The normalized spacial score (nSPS) is 18.8. The Morgan fingerprint density at radius 1 is 1.47 bits per heavy atom. The van der Waals surface area contributed by atoms with Crippen molar-refractivity contribution in [2.24, 2.45) is 0 Å². The standard InChI is InChI=1S/C12H14N2O3/c15-10-4-2-1-3-8(10)7-13-12(17)9-5-6-11(16)14-9/h1-4,9,15H,5-7H2,(H,13,17)(H,14,16)/t9-/m1/s1. The van der Waals surface area contributed by atoms with Gasteiger partial charge in [-0.1, -0.05) is 18.2 Å². The summed E-state index contributed by atoms with van der Waals surface area (Å²) in [6.07, 6.45) is 0.931. The van der Waals surface area contributed by atoms with Crippen LogP contribution in [0.5, 0.6) is 5.75 Å². The number of para-hydroxylation sites is 1. The van der Waals surface area contributed by atoms with Crippen molar-refractivity contribution in [2.75, 3.05) is 0 Å². The molecule has 1 aliphatic heterocycles. The summed E-state index contributed by atoms with van der Waals surface area (Å²) in [5.74, 6) is -0.143. The molecule has 5 nitrogen and oxygen atoms in total. The quantitative estimate of drug-likeness (QED) is 0.703. The van der Waals surface area contributed by atoms with E-state index in [-0.39, 0.29) is 24.1 Å². The lowest BCUT2D eigenvalue weighted by atomic mass is 10.2. The van der Waals surface area contributed by atoms with Crippen LogP contribution in [0.25, 0.3) is 0 Å². The molecule has 1 fully saturated rings. The van der Waals surface area contributed by atoms with Gasteiger partial charge in [0.15, 0.2) is 0 Å². The number of nitrogens with one attached hydrogen (secondary N) is 2. The average Bonchev–Trinajstić information content (AvgIpc) is 2.74. The fourth-order valence-corrected chi connectivity index (χ4v) is 1.78. The zero-order valence-corrected chi connectivity index (χ0v) is 9.27. The molecule has 0 spiro atoms. The van der Waals surface area contributed by atoms with Crippen molar-refractivity contribution >= 4 is 11.8 Å². The maximum Gasteiger partial charge on any atom is 0.242 e. The number of amides is 2. The molecule has 0 aliphatic carbocycles. The first-order chi connectivity index (χ1) is 8.16. The highest BCUT2D eigenvalue weighted by atomic mass is 16.3. The maximum atomic E-state index is 11.7. The third-order valence-corrected chi connectivity index (χ3v) is 2.76. The molecule has 90 valence electrons.